The molecule has 100 valence electrons. The second-order valence-electron chi connectivity index (χ2n) is 4.20. The zero-order valence-electron chi connectivity index (χ0n) is 11.1. The van der Waals surface area contributed by atoms with Gasteiger partial charge in [0.15, 0.2) is 0 Å². The summed E-state index contributed by atoms with van der Waals surface area (Å²) in [6.45, 7) is 3.76. The van der Waals surface area contributed by atoms with E-state index >= 15 is 0 Å². The lowest BCUT2D eigenvalue weighted by molar-refractivity contribution is 0.413. The highest BCUT2D eigenvalue weighted by atomic mass is 35.5. The molecular weight excluding hydrogens is 260 g/mol. The first-order valence-corrected chi connectivity index (χ1v) is 6.61. The molecule has 0 radical (unpaired) electrons. The van der Waals surface area contributed by atoms with E-state index in [0.717, 1.165) is 40.6 Å². The first-order chi connectivity index (χ1) is 9.24. The summed E-state index contributed by atoms with van der Waals surface area (Å²) in [5.74, 6) is 0.751. The molecule has 0 saturated carbocycles. The minimum atomic E-state index is 0.751. The smallest absolute Gasteiger partial charge is 0.137 e. The maximum absolute atomic E-state index is 6.20. The van der Waals surface area contributed by atoms with Gasteiger partial charge < -0.3 is 10.1 Å². The predicted molar refractivity (Wildman–Crippen MR) is 78.6 cm³/mol. The fourth-order valence-electron chi connectivity index (χ4n) is 1.84. The van der Waals surface area contributed by atoms with Crippen LogP contribution in [0.2, 0.25) is 5.02 Å². The van der Waals surface area contributed by atoms with E-state index in [1.165, 1.54) is 0 Å². The molecule has 1 aromatic carbocycles. The van der Waals surface area contributed by atoms with Crippen molar-refractivity contribution in [2.45, 2.75) is 13.5 Å². The maximum Gasteiger partial charge on any atom is 0.137 e. The Balaban J connectivity index is 2.33. The van der Waals surface area contributed by atoms with Gasteiger partial charge in [0.2, 0.25) is 0 Å². The number of hydrogen-bond donors (Lipinski definition) is 1. The highest BCUT2D eigenvalue weighted by Crippen LogP contribution is 2.26. The molecule has 0 spiro atoms. The van der Waals surface area contributed by atoms with Crippen molar-refractivity contribution in [3.63, 3.8) is 0 Å². The zero-order chi connectivity index (χ0) is 13.7. The van der Waals surface area contributed by atoms with Crippen molar-refractivity contribution in [1.29, 1.82) is 0 Å². The van der Waals surface area contributed by atoms with Gasteiger partial charge in [-0.05, 0) is 35.9 Å². The molecule has 1 N–H and O–H groups in total. The summed E-state index contributed by atoms with van der Waals surface area (Å²) in [5, 5.41) is 4.06. The third-order valence-electron chi connectivity index (χ3n) is 2.89. The number of aromatic nitrogens is 1. The van der Waals surface area contributed by atoms with Crippen molar-refractivity contribution in [2.24, 2.45) is 0 Å². The van der Waals surface area contributed by atoms with E-state index in [1.54, 1.807) is 13.3 Å². The van der Waals surface area contributed by atoms with E-state index in [2.05, 4.69) is 23.3 Å². The van der Waals surface area contributed by atoms with Crippen molar-refractivity contribution < 1.29 is 4.74 Å². The van der Waals surface area contributed by atoms with Crippen LogP contribution in [0.25, 0.3) is 11.1 Å². The van der Waals surface area contributed by atoms with Gasteiger partial charge in [0.1, 0.15) is 5.75 Å². The van der Waals surface area contributed by atoms with Crippen LogP contribution in [0.3, 0.4) is 0 Å². The Morgan fingerprint density at radius 3 is 2.79 bits per heavy atom. The quantitative estimate of drug-likeness (QED) is 0.907. The van der Waals surface area contributed by atoms with Crippen LogP contribution >= 0.6 is 11.6 Å². The molecule has 0 fully saturated rings. The molecule has 1 aromatic heterocycles. The van der Waals surface area contributed by atoms with Crippen LogP contribution in [0.15, 0.2) is 36.7 Å². The largest absolute Gasteiger partial charge is 0.495 e. The van der Waals surface area contributed by atoms with Gasteiger partial charge in [-0.25, -0.2) is 0 Å². The Kier molecular flexibility index (Phi) is 4.77. The fourth-order valence-corrected chi connectivity index (χ4v) is 2.02. The standard InChI is InChI=1S/C15H17ClN2O/c1-3-17-9-13-6-11(4-5-15(13)16)12-7-14(19-2)10-18-8-12/h4-8,10,17H,3,9H2,1-2H3. The molecule has 0 unspecified atom stereocenters. The zero-order valence-corrected chi connectivity index (χ0v) is 11.9. The maximum atomic E-state index is 6.20. The van der Waals surface area contributed by atoms with Crippen molar-refractivity contribution in [3.8, 4) is 16.9 Å². The molecular formula is C15H17ClN2O. The van der Waals surface area contributed by atoms with Crippen LogP contribution in [0.1, 0.15) is 12.5 Å². The molecule has 0 atom stereocenters. The number of methoxy groups -OCH3 is 1. The Morgan fingerprint density at radius 1 is 1.21 bits per heavy atom. The number of benzene rings is 1. The molecule has 4 heteroatoms. The summed E-state index contributed by atoms with van der Waals surface area (Å²) >= 11 is 6.20. The Labute approximate surface area is 118 Å². The van der Waals surface area contributed by atoms with Gasteiger partial charge in [-0.15, -0.1) is 0 Å². The average Bonchev–Trinajstić information content (AvgIpc) is 2.46. The van der Waals surface area contributed by atoms with Crippen molar-refractivity contribution in [3.05, 3.63) is 47.2 Å². The van der Waals surface area contributed by atoms with E-state index in [9.17, 15) is 0 Å². The van der Waals surface area contributed by atoms with Gasteiger partial charge in [-0.1, -0.05) is 24.6 Å². The minimum Gasteiger partial charge on any atom is -0.495 e. The average molecular weight is 277 g/mol. The molecule has 0 amide bonds. The number of pyridine rings is 1. The Hall–Kier alpha value is -1.58. The molecule has 0 aliphatic heterocycles. The Bertz CT molecular complexity index is 558. The van der Waals surface area contributed by atoms with Crippen molar-refractivity contribution in [2.75, 3.05) is 13.7 Å². The normalized spacial score (nSPS) is 10.5. The number of nitrogens with one attached hydrogen (secondary N) is 1. The second kappa shape index (κ2) is 6.55. The second-order valence-corrected chi connectivity index (χ2v) is 4.61. The fraction of sp³-hybridized carbons (Fsp3) is 0.267. The SMILES string of the molecule is CCNCc1cc(-c2cncc(OC)c2)ccc1Cl. The van der Waals surface area contributed by atoms with E-state index < -0.39 is 0 Å². The lowest BCUT2D eigenvalue weighted by atomic mass is 10.0. The predicted octanol–water partition coefficient (Wildman–Crippen LogP) is 3.52. The number of nitrogens with zero attached hydrogens (tertiary/aromatic N) is 1. The first-order valence-electron chi connectivity index (χ1n) is 6.23. The summed E-state index contributed by atoms with van der Waals surface area (Å²) < 4.78 is 5.19. The summed E-state index contributed by atoms with van der Waals surface area (Å²) in [6.07, 6.45) is 3.52. The molecule has 1 heterocycles. The van der Waals surface area contributed by atoms with Gasteiger partial charge in [0, 0.05) is 23.3 Å². The van der Waals surface area contributed by atoms with E-state index in [1.807, 2.05) is 24.4 Å². The summed E-state index contributed by atoms with van der Waals surface area (Å²) in [5.41, 5.74) is 3.20. The highest BCUT2D eigenvalue weighted by Gasteiger charge is 2.05. The van der Waals surface area contributed by atoms with Gasteiger partial charge >= 0.3 is 0 Å². The molecule has 0 bridgehead atoms. The van der Waals surface area contributed by atoms with E-state index in [-0.39, 0.29) is 0 Å². The molecule has 3 nitrogen and oxygen atoms in total. The third-order valence-corrected chi connectivity index (χ3v) is 3.26. The highest BCUT2D eigenvalue weighted by molar-refractivity contribution is 6.31. The van der Waals surface area contributed by atoms with Crippen LogP contribution < -0.4 is 10.1 Å². The van der Waals surface area contributed by atoms with Crippen molar-refractivity contribution in [1.82, 2.24) is 10.3 Å². The van der Waals surface area contributed by atoms with E-state index in [0.29, 0.717) is 0 Å². The van der Waals surface area contributed by atoms with Gasteiger partial charge in [-0.2, -0.15) is 0 Å². The molecule has 0 aliphatic carbocycles. The van der Waals surface area contributed by atoms with Crippen LogP contribution in [0.4, 0.5) is 0 Å². The summed E-state index contributed by atoms with van der Waals surface area (Å²) in [6, 6.07) is 7.96. The summed E-state index contributed by atoms with van der Waals surface area (Å²) in [7, 11) is 1.64. The topological polar surface area (TPSA) is 34.2 Å². The third kappa shape index (κ3) is 3.46. The molecule has 0 saturated heterocycles. The van der Waals surface area contributed by atoms with E-state index in [4.69, 9.17) is 16.3 Å². The van der Waals surface area contributed by atoms with Gasteiger partial charge in [-0.3, -0.25) is 4.98 Å². The van der Waals surface area contributed by atoms with Crippen molar-refractivity contribution >= 4 is 11.6 Å². The van der Waals surface area contributed by atoms with Gasteiger partial charge in [0.05, 0.1) is 13.3 Å². The lowest BCUT2D eigenvalue weighted by Crippen LogP contribution is -2.12. The number of rotatable bonds is 5. The first kappa shape index (κ1) is 13.8. The number of ether oxygens (including phenoxy) is 1. The summed E-state index contributed by atoms with van der Waals surface area (Å²) in [4.78, 5) is 4.17. The van der Waals surface area contributed by atoms with Crippen LogP contribution in [0.5, 0.6) is 5.75 Å². The Morgan fingerprint density at radius 2 is 2.05 bits per heavy atom. The van der Waals surface area contributed by atoms with Crippen LogP contribution in [-0.4, -0.2) is 18.6 Å². The molecule has 0 aliphatic rings. The number of hydrogen-bond acceptors (Lipinski definition) is 3. The van der Waals surface area contributed by atoms with Crippen LogP contribution in [-0.2, 0) is 6.54 Å². The molecule has 19 heavy (non-hydrogen) atoms. The lowest BCUT2D eigenvalue weighted by Gasteiger charge is -2.09. The minimum absolute atomic E-state index is 0.751. The number of halogens is 1. The monoisotopic (exact) mass is 276 g/mol. The van der Waals surface area contributed by atoms with Crippen LogP contribution in [0, 0.1) is 0 Å². The molecule has 2 rings (SSSR count). The molecule has 2 aromatic rings. The van der Waals surface area contributed by atoms with Gasteiger partial charge in [0.25, 0.3) is 0 Å².